The summed E-state index contributed by atoms with van der Waals surface area (Å²) in [6.45, 7) is 7.70. The molecule has 1 saturated heterocycles. The summed E-state index contributed by atoms with van der Waals surface area (Å²) < 4.78 is 15.7. The quantitative estimate of drug-likeness (QED) is 0.617. The van der Waals surface area contributed by atoms with E-state index in [1.807, 2.05) is 0 Å². The SMILES string of the molecule is CCOC(=O)N1CCC(NC(=O)COC(=O)c2ccc(OCCC(C)C)cc2)CC1. The number of hydrogen-bond donors (Lipinski definition) is 1. The second-order valence-electron chi connectivity index (χ2n) is 7.66. The van der Waals surface area contributed by atoms with Crippen LogP contribution in [0.2, 0.25) is 0 Å². The highest BCUT2D eigenvalue weighted by Gasteiger charge is 2.24. The van der Waals surface area contributed by atoms with Crippen LogP contribution in [0.3, 0.4) is 0 Å². The molecule has 1 aromatic carbocycles. The van der Waals surface area contributed by atoms with Gasteiger partial charge in [0.2, 0.25) is 0 Å². The van der Waals surface area contributed by atoms with Crippen LogP contribution < -0.4 is 10.1 Å². The molecule has 0 aromatic heterocycles. The zero-order chi connectivity index (χ0) is 21.9. The summed E-state index contributed by atoms with van der Waals surface area (Å²) in [6.07, 6.45) is 1.90. The van der Waals surface area contributed by atoms with Crippen LogP contribution in [0.5, 0.6) is 5.75 Å². The molecular formula is C22H32N2O6. The van der Waals surface area contributed by atoms with Crippen LogP contribution in [-0.4, -0.2) is 61.8 Å². The van der Waals surface area contributed by atoms with Gasteiger partial charge in [-0.1, -0.05) is 13.8 Å². The zero-order valence-electron chi connectivity index (χ0n) is 18.0. The van der Waals surface area contributed by atoms with E-state index < -0.39 is 5.97 Å². The molecule has 0 saturated carbocycles. The minimum absolute atomic E-state index is 0.0517. The molecule has 0 radical (unpaired) electrons. The summed E-state index contributed by atoms with van der Waals surface area (Å²) in [6, 6.07) is 6.62. The van der Waals surface area contributed by atoms with Gasteiger partial charge in [0.1, 0.15) is 5.75 Å². The Kier molecular flexibility index (Phi) is 9.44. The van der Waals surface area contributed by atoms with E-state index in [1.165, 1.54) is 0 Å². The van der Waals surface area contributed by atoms with Crippen molar-refractivity contribution in [3.63, 3.8) is 0 Å². The molecule has 2 amide bonds. The van der Waals surface area contributed by atoms with E-state index in [4.69, 9.17) is 14.2 Å². The van der Waals surface area contributed by atoms with E-state index in [0.717, 1.165) is 6.42 Å². The number of piperidine rings is 1. The highest BCUT2D eigenvalue weighted by atomic mass is 16.6. The third kappa shape index (κ3) is 7.93. The lowest BCUT2D eigenvalue weighted by Crippen LogP contribution is -2.47. The molecule has 0 aliphatic carbocycles. The van der Waals surface area contributed by atoms with Gasteiger partial charge >= 0.3 is 12.1 Å². The van der Waals surface area contributed by atoms with Gasteiger partial charge in [0.25, 0.3) is 5.91 Å². The first-order valence-corrected chi connectivity index (χ1v) is 10.5. The molecule has 1 aromatic rings. The monoisotopic (exact) mass is 420 g/mol. The molecule has 1 aliphatic heterocycles. The Balaban J connectivity index is 1.68. The fraction of sp³-hybridized carbons (Fsp3) is 0.591. The Morgan fingerprint density at radius 2 is 1.77 bits per heavy atom. The van der Waals surface area contributed by atoms with Crippen LogP contribution >= 0.6 is 0 Å². The number of ether oxygens (including phenoxy) is 3. The van der Waals surface area contributed by atoms with Crippen LogP contribution in [0.25, 0.3) is 0 Å². The van der Waals surface area contributed by atoms with Crippen LogP contribution in [0.15, 0.2) is 24.3 Å². The van der Waals surface area contributed by atoms with E-state index in [-0.39, 0.29) is 24.6 Å². The average Bonchev–Trinajstić information content (AvgIpc) is 2.73. The molecule has 1 N–H and O–H groups in total. The number of carbonyl (C=O) groups is 3. The van der Waals surface area contributed by atoms with Gasteiger partial charge in [-0.2, -0.15) is 0 Å². The Bertz CT molecular complexity index is 696. The first-order chi connectivity index (χ1) is 14.4. The number of likely N-dealkylation sites (tertiary alicyclic amines) is 1. The molecule has 0 spiro atoms. The Morgan fingerprint density at radius 1 is 1.10 bits per heavy atom. The standard InChI is InChI=1S/C22H32N2O6/c1-4-28-22(27)24-12-9-18(10-13-24)23-20(25)15-30-21(26)17-5-7-19(8-6-17)29-14-11-16(2)3/h5-8,16,18H,4,9-15H2,1-3H3,(H,23,25). The second kappa shape index (κ2) is 12.0. The molecule has 1 aliphatic rings. The van der Waals surface area contributed by atoms with Gasteiger partial charge in [-0.25, -0.2) is 9.59 Å². The van der Waals surface area contributed by atoms with Crippen molar-refractivity contribution in [1.29, 1.82) is 0 Å². The van der Waals surface area contributed by atoms with Gasteiger partial charge in [-0.05, 0) is 56.4 Å². The van der Waals surface area contributed by atoms with Crippen molar-refractivity contribution >= 4 is 18.0 Å². The second-order valence-corrected chi connectivity index (χ2v) is 7.66. The summed E-state index contributed by atoms with van der Waals surface area (Å²) >= 11 is 0. The number of amides is 2. The fourth-order valence-corrected chi connectivity index (χ4v) is 3.00. The predicted molar refractivity (Wildman–Crippen MR) is 111 cm³/mol. The summed E-state index contributed by atoms with van der Waals surface area (Å²) in [5, 5.41) is 2.84. The molecule has 0 unspecified atom stereocenters. The fourth-order valence-electron chi connectivity index (χ4n) is 3.00. The largest absolute Gasteiger partial charge is 0.494 e. The van der Waals surface area contributed by atoms with Crippen molar-refractivity contribution in [2.45, 2.75) is 46.1 Å². The Morgan fingerprint density at radius 3 is 2.37 bits per heavy atom. The number of esters is 1. The van der Waals surface area contributed by atoms with Crippen molar-refractivity contribution in [2.24, 2.45) is 5.92 Å². The van der Waals surface area contributed by atoms with Crippen molar-refractivity contribution in [3.05, 3.63) is 29.8 Å². The third-order valence-corrected chi connectivity index (χ3v) is 4.77. The lowest BCUT2D eigenvalue weighted by atomic mass is 10.1. The highest BCUT2D eigenvalue weighted by Crippen LogP contribution is 2.14. The molecular weight excluding hydrogens is 388 g/mol. The summed E-state index contributed by atoms with van der Waals surface area (Å²) in [5.41, 5.74) is 0.363. The number of nitrogens with one attached hydrogen (secondary N) is 1. The van der Waals surface area contributed by atoms with E-state index in [1.54, 1.807) is 36.1 Å². The van der Waals surface area contributed by atoms with Crippen molar-refractivity contribution in [3.8, 4) is 5.75 Å². The normalized spacial score (nSPS) is 14.3. The molecule has 166 valence electrons. The number of hydrogen-bond acceptors (Lipinski definition) is 6. The van der Waals surface area contributed by atoms with Crippen molar-refractivity contribution in [2.75, 3.05) is 32.9 Å². The molecule has 8 heteroatoms. The van der Waals surface area contributed by atoms with Gasteiger partial charge in [-0.15, -0.1) is 0 Å². The first-order valence-electron chi connectivity index (χ1n) is 10.5. The van der Waals surface area contributed by atoms with E-state index in [0.29, 0.717) is 56.4 Å². The third-order valence-electron chi connectivity index (χ3n) is 4.77. The van der Waals surface area contributed by atoms with Gasteiger partial charge in [0, 0.05) is 19.1 Å². The summed E-state index contributed by atoms with van der Waals surface area (Å²) in [4.78, 5) is 37.5. The van der Waals surface area contributed by atoms with E-state index >= 15 is 0 Å². The highest BCUT2D eigenvalue weighted by molar-refractivity contribution is 5.91. The first kappa shape index (κ1) is 23.5. The minimum atomic E-state index is -0.559. The topological polar surface area (TPSA) is 94.2 Å². The van der Waals surface area contributed by atoms with Crippen LogP contribution in [0.4, 0.5) is 4.79 Å². The molecule has 1 heterocycles. The van der Waals surface area contributed by atoms with Gasteiger partial charge in [0.05, 0.1) is 18.8 Å². The summed E-state index contributed by atoms with van der Waals surface area (Å²) in [7, 11) is 0. The maximum atomic E-state index is 12.1. The van der Waals surface area contributed by atoms with Gasteiger partial charge in [-0.3, -0.25) is 4.79 Å². The average molecular weight is 421 g/mol. The number of rotatable bonds is 9. The molecule has 1 fully saturated rings. The lowest BCUT2D eigenvalue weighted by Gasteiger charge is -2.31. The van der Waals surface area contributed by atoms with Crippen LogP contribution in [0, 0.1) is 5.92 Å². The number of carbonyl (C=O) groups excluding carboxylic acids is 3. The van der Waals surface area contributed by atoms with E-state index in [9.17, 15) is 14.4 Å². The summed E-state index contributed by atoms with van der Waals surface area (Å²) in [5.74, 6) is 0.345. The smallest absolute Gasteiger partial charge is 0.409 e. The van der Waals surface area contributed by atoms with Gasteiger partial charge in [0.15, 0.2) is 6.61 Å². The Hall–Kier alpha value is -2.77. The minimum Gasteiger partial charge on any atom is -0.494 e. The molecule has 0 bridgehead atoms. The van der Waals surface area contributed by atoms with Gasteiger partial charge < -0.3 is 24.4 Å². The molecule has 8 nitrogen and oxygen atoms in total. The van der Waals surface area contributed by atoms with Crippen LogP contribution in [0.1, 0.15) is 50.4 Å². The number of benzene rings is 1. The van der Waals surface area contributed by atoms with Crippen molar-refractivity contribution < 1.29 is 28.6 Å². The van der Waals surface area contributed by atoms with E-state index in [2.05, 4.69) is 19.2 Å². The predicted octanol–water partition coefficient (Wildman–Crippen LogP) is 3.01. The lowest BCUT2D eigenvalue weighted by molar-refractivity contribution is -0.125. The molecule has 2 rings (SSSR count). The maximum Gasteiger partial charge on any atom is 0.409 e. The maximum absolute atomic E-state index is 12.1. The Labute approximate surface area is 177 Å². The molecule has 30 heavy (non-hydrogen) atoms. The van der Waals surface area contributed by atoms with Crippen LogP contribution in [-0.2, 0) is 14.3 Å². The van der Waals surface area contributed by atoms with Crippen molar-refractivity contribution in [1.82, 2.24) is 10.2 Å². The zero-order valence-corrected chi connectivity index (χ0v) is 18.0. The molecule has 0 atom stereocenters. The number of nitrogens with zero attached hydrogens (tertiary/aromatic N) is 1.